The van der Waals surface area contributed by atoms with Crippen molar-refractivity contribution in [2.24, 2.45) is 0 Å². The molecule has 0 aliphatic carbocycles. The quantitative estimate of drug-likeness (QED) is 0.806. The van der Waals surface area contributed by atoms with E-state index >= 15 is 0 Å². The van der Waals surface area contributed by atoms with Crippen LogP contribution in [0.15, 0.2) is 17.5 Å². The molecule has 1 saturated heterocycles. The van der Waals surface area contributed by atoms with Crippen molar-refractivity contribution < 1.29 is 14.3 Å². The molecule has 3 heterocycles. The van der Waals surface area contributed by atoms with Crippen LogP contribution in [0.25, 0.3) is 10.2 Å². The molecule has 0 bridgehead atoms. The number of rotatable bonds is 4. The van der Waals surface area contributed by atoms with E-state index in [0.29, 0.717) is 12.3 Å². The van der Waals surface area contributed by atoms with Gasteiger partial charge in [0.2, 0.25) is 5.91 Å². The van der Waals surface area contributed by atoms with Crippen LogP contribution in [0, 0.1) is 0 Å². The van der Waals surface area contributed by atoms with Crippen LogP contribution in [0.5, 0.6) is 0 Å². The predicted molar refractivity (Wildman–Crippen MR) is 90.8 cm³/mol. The number of ether oxygens (including phenoxy) is 1. The van der Waals surface area contributed by atoms with Crippen molar-refractivity contribution in [2.75, 3.05) is 13.2 Å². The lowest BCUT2D eigenvalue weighted by molar-refractivity contribution is -0.135. The van der Waals surface area contributed by atoms with Gasteiger partial charge in [0.05, 0.1) is 16.8 Å². The average Bonchev–Trinajstić information content (AvgIpc) is 3.10. The summed E-state index contributed by atoms with van der Waals surface area (Å²) in [5.41, 5.74) is 1.39. The van der Waals surface area contributed by atoms with Crippen molar-refractivity contribution in [1.29, 1.82) is 0 Å². The van der Waals surface area contributed by atoms with E-state index in [2.05, 4.69) is 6.92 Å². The van der Waals surface area contributed by atoms with Gasteiger partial charge in [-0.15, -0.1) is 11.3 Å². The molecule has 2 aromatic heterocycles. The first-order valence-corrected chi connectivity index (χ1v) is 9.03. The SMILES string of the molecule is CCOC(=O)c1cc2sccc2n1CC(=O)N1CCCCC1C. The maximum atomic E-state index is 12.7. The van der Waals surface area contributed by atoms with Gasteiger partial charge >= 0.3 is 5.97 Å². The van der Waals surface area contributed by atoms with Crippen molar-refractivity contribution in [3.63, 3.8) is 0 Å². The number of nitrogens with zero attached hydrogens (tertiary/aromatic N) is 2. The number of carbonyl (C=O) groups is 2. The number of piperidine rings is 1. The first kappa shape index (κ1) is 16.1. The largest absolute Gasteiger partial charge is 0.461 e. The number of carbonyl (C=O) groups excluding carboxylic acids is 2. The average molecular weight is 334 g/mol. The second-order valence-corrected chi connectivity index (χ2v) is 6.89. The highest BCUT2D eigenvalue weighted by Crippen LogP contribution is 2.26. The molecule has 1 atom stereocenters. The standard InChI is InChI=1S/C17H22N2O3S/c1-3-22-17(21)14-10-15-13(7-9-23-15)19(14)11-16(20)18-8-5-4-6-12(18)2/h7,9-10,12H,3-6,8,11H2,1-2H3. The Hall–Kier alpha value is -1.82. The Morgan fingerprint density at radius 2 is 2.22 bits per heavy atom. The van der Waals surface area contributed by atoms with Crippen molar-refractivity contribution in [3.8, 4) is 0 Å². The predicted octanol–water partition coefficient (Wildman–Crippen LogP) is 3.28. The first-order valence-electron chi connectivity index (χ1n) is 8.15. The normalized spacial score (nSPS) is 18.3. The molecule has 5 nitrogen and oxygen atoms in total. The van der Waals surface area contributed by atoms with Crippen molar-refractivity contribution in [3.05, 3.63) is 23.2 Å². The zero-order valence-electron chi connectivity index (χ0n) is 13.6. The van der Waals surface area contributed by atoms with Gasteiger partial charge in [0, 0.05) is 12.6 Å². The molecule has 6 heteroatoms. The minimum absolute atomic E-state index is 0.0754. The Balaban J connectivity index is 1.88. The number of fused-ring (bicyclic) bond motifs is 1. The summed E-state index contributed by atoms with van der Waals surface area (Å²) in [4.78, 5) is 26.9. The second-order valence-electron chi connectivity index (χ2n) is 5.94. The lowest BCUT2D eigenvalue weighted by Gasteiger charge is -2.33. The molecular formula is C17H22N2O3S. The van der Waals surface area contributed by atoms with Gasteiger partial charge in [-0.2, -0.15) is 0 Å². The molecule has 1 unspecified atom stereocenters. The highest BCUT2D eigenvalue weighted by atomic mass is 32.1. The number of esters is 1. The molecule has 1 aliphatic heterocycles. The fraction of sp³-hybridized carbons (Fsp3) is 0.529. The van der Waals surface area contributed by atoms with Gasteiger partial charge in [-0.25, -0.2) is 4.79 Å². The first-order chi connectivity index (χ1) is 11.1. The highest BCUT2D eigenvalue weighted by molar-refractivity contribution is 7.17. The minimum atomic E-state index is -0.365. The van der Waals surface area contributed by atoms with Crippen LogP contribution in [0.4, 0.5) is 0 Å². The molecule has 1 aliphatic rings. The molecule has 124 valence electrons. The Kier molecular flexibility index (Phi) is 4.71. The molecule has 1 fully saturated rings. The number of thiophene rings is 1. The molecule has 0 N–H and O–H groups in total. The summed E-state index contributed by atoms with van der Waals surface area (Å²) >= 11 is 1.57. The van der Waals surface area contributed by atoms with Gasteiger partial charge < -0.3 is 14.2 Å². The van der Waals surface area contributed by atoms with Crippen LogP contribution in [0.3, 0.4) is 0 Å². The monoisotopic (exact) mass is 334 g/mol. The molecule has 0 saturated carbocycles. The third kappa shape index (κ3) is 3.13. The fourth-order valence-corrected chi connectivity index (χ4v) is 4.04. The van der Waals surface area contributed by atoms with Crippen LogP contribution in [0.2, 0.25) is 0 Å². The summed E-state index contributed by atoms with van der Waals surface area (Å²) in [6, 6.07) is 4.05. The molecule has 3 rings (SSSR count). The summed E-state index contributed by atoms with van der Waals surface area (Å²) in [5.74, 6) is -0.290. The topological polar surface area (TPSA) is 51.5 Å². The second kappa shape index (κ2) is 6.74. The summed E-state index contributed by atoms with van der Waals surface area (Å²) in [6.45, 7) is 5.21. The van der Waals surface area contributed by atoms with Gasteiger partial charge in [-0.1, -0.05) is 0 Å². The van der Waals surface area contributed by atoms with Gasteiger partial charge in [-0.05, 0) is 50.6 Å². The van der Waals surface area contributed by atoms with Crippen LogP contribution in [0.1, 0.15) is 43.6 Å². The van der Waals surface area contributed by atoms with Crippen LogP contribution in [-0.2, 0) is 16.1 Å². The van der Waals surface area contributed by atoms with E-state index < -0.39 is 0 Å². The van der Waals surface area contributed by atoms with E-state index in [1.54, 1.807) is 22.8 Å². The van der Waals surface area contributed by atoms with Crippen LogP contribution < -0.4 is 0 Å². The zero-order valence-corrected chi connectivity index (χ0v) is 14.4. The maximum Gasteiger partial charge on any atom is 0.355 e. The van der Waals surface area contributed by atoms with E-state index in [0.717, 1.165) is 29.6 Å². The van der Waals surface area contributed by atoms with Gasteiger partial charge in [0.1, 0.15) is 12.2 Å². The van der Waals surface area contributed by atoms with E-state index in [1.165, 1.54) is 6.42 Å². The van der Waals surface area contributed by atoms with E-state index in [4.69, 9.17) is 4.74 Å². The Morgan fingerprint density at radius 3 is 2.96 bits per heavy atom. The number of hydrogen-bond donors (Lipinski definition) is 0. The smallest absolute Gasteiger partial charge is 0.355 e. The third-order valence-electron chi connectivity index (χ3n) is 4.42. The van der Waals surface area contributed by atoms with E-state index in [-0.39, 0.29) is 24.5 Å². The Morgan fingerprint density at radius 1 is 1.39 bits per heavy atom. The van der Waals surface area contributed by atoms with Gasteiger partial charge in [-0.3, -0.25) is 4.79 Å². The van der Waals surface area contributed by atoms with Gasteiger partial charge in [0.15, 0.2) is 0 Å². The van der Waals surface area contributed by atoms with Gasteiger partial charge in [0.25, 0.3) is 0 Å². The highest BCUT2D eigenvalue weighted by Gasteiger charge is 2.26. The van der Waals surface area contributed by atoms with E-state index in [1.807, 2.05) is 22.4 Å². The number of amides is 1. The summed E-state index contributed by atoms with van der Waals surface area (Å²) in [6.07, 6.45) is 3.29. The molecule has 23 heavy (non-hydrogen) atoms. The number of likely N-dealkylation sites (tertiary alicyclic amines) is 1. The number of aromatic nitrogens is 1. The zero-order chi connectivity index (χ0) is 16.4. The Bertz CT molecular complexity index is 719. The number of hydrogen-bond acceptors (Lipinski definition) is 4. The van der Waals surface area contributed by atoms with Crippen LogP contribution >= 0.6 is 11.3 Å². The maximum absolute atomic E-state index is 12.7. The summed E-state index contributed by atoms with van der Waals surface area (Å²) in [5, 5.41) is 1.98. The Labute approximate surface area is 139 Å². The van der Waals surface area contributed by atoms with E-state index in [9.17, 15) is 9.59 Å². The molecule has 0 radical (unpaired) electrons. The molecule has 1 amide bonds. The molecule has 0 spiro atoms. The molecule has 2 aromatic rings. The van der Waals surface area contributed by atoms with Crippen molar-refractivity contribution in [1.82, 2.24) is 9.47 Å². The lowest BCUT2D eigenvalue weighted by atomic mass is 10.0. The molecule has 0 aromatic carbocycles. The van der Waals surface area contributed by atoms with Crippen molar-refractivity contribution in [2.45, 2.75) is 45.7 Å². The molecular weight excluding hydrogens is 312 g/mol. The summed E-state index contributed by atoms with van der Waals surface area (Å²) < 4.78 is 7.94. The third-order valence-corrected chi connectivity index (χ3v) is 5.28. The summed E-state index contributed by atoms with van der Waals surface area (Å²) in [7, 11) is 0. The van der Waals surface area contributed by atoms with Crippen molar-refractivity contribution >= 4 is 33.4 Å². The minimum Gasteiger partial charge on any atom is -0.461 e. The fourth-order valence-electron chi connectivity index (χ4n) is 3.22. The van der Waals surface area contributed by atoms with Crippen LogP contribution in [-0.4, -0.2) is 40.5 Å². The lowest BCUT2D eigenvalue weighted by Crippen LogP contribution is -2.43.